The maximum atomic E-state index is 6.13. The second-order valence-corrected chi connectivity index (χ2v) is 7.18. The first-order chi connectivity index (χ1) is 12.3. The third-order valence-electron chi connectivity index (χ3n) is 6.01. The van der Waals surface area contributed by atoms with Crippen LogP contribution in [0.3, 0.4) is 0 Å². The van der Waals surface area contributed by atoms with Crippen LogP contribution in [0.4, 0.5) is 5.95 Å². The largest absolute Gasteiger partial charge is 0.494 e. The first-order valence-corrected chi connectivity index (χ1v) is 8.50. The summed E-state index contributed by atoms with van der Waals surface area (Å²) < 4.78 is 7.05. The minimum absolute atomic E-state index is 0.328. The molecule has 2 fully saturated rings. The third-order valence-corrected chi connectivity index (χ3v) is 6.01. The molecule has 3 N–H and O–H groups in total. The maximum absolute atomic E-state index is 6.13. The van der Waals surface area contributed by atoms with E-state index in [0.29, 0.717) is 35.9 Å². The van der Waals surface area contributed by atoms with Crippen LogP contribution in [0.15, 0.2) is 29.3 Å². The quantitative estimate of drug-likeness (QED) is 0.656. The Hall–Kier alpha value is -2.71. The molecule has 0 spiro atoms. The number of anilines is 1. The van der Waals surface area contributed by atoms with Gasteiger partial charge in [-0.25, -0.2) is 9.97 Å². The van der Waals surface area contributed by atoms with Crippen LogP contribution in [0.2, 0.25) is 0 Å². The molecule has 7 rings (SSSR count). The Morgan fingerprint density at radius 3 is 2.72 bits per heavy atom. The molecule has 2 aromatic heterocycles. The summed E-state index contributed by atoms with van der Waals surface area (Å²) in [6, 6.07) is 8.13. The molecule has 2 saturated carbocycles. The average Bonchev–Trinajstić information content (AvgIpc) is 3.36. The molecular weight excluding hydrogens is 318 g/mol. The second kappa shape index (κ2) is 3.76. The predicted octanol–water partition coefficient (Wildman–Crippen LogP) is 0.0853. The van der Waals surface area contributed by atoms with E-state index < -0.39 is 0 Å². The molecule has 4 aliphatic rings. The van der Waals surface area contributed by atoms with Gasteiger partial charge >= 0.3 is 0 Å². The van der Waals surface area contributed by atoms with E-state index in [2.05, 4.69) is 20.3 Å². The van der Waals surface area contributed by atoms with E-state index in [9.17, 15) is 0 Å². The minimum Gasteiger partial charge on any atom is -0.494 e. The summed E-state index contributed by atoms with van der Waals surface area (Å²) in [5.74, 6) is 1.81. The summed E-state index contributed by atoms with van der Waals surface area (Å²) in [5.41, 5.74) is 10.9. The smallest absolute Gasteiger partial charge is 0.223 e. The number of para-hydroxylation sites is 1. The van der Waals surface area contributed by atoms with Crippen LogP contribution in [0.25, 0.3) is 16.6 Å². The molecule has 8 heteroatoms. The van der Waals surface area contributed by atoms with E-state index in [4.69, 9.17) is 15.5 Å². The fourth-order valence-electron chi connectivity index (χ4n) is 4.93. The lowest BCUT2D eigenvalue weighted by molar-refractivity contribution is 0.211. The zero-order chi connectivity index (χ0) is 16.4. The summed E-state index contributed by atoms with van der Waals surface area (Å²) in [6.45, 7) is 0.754. The number of hydrogen-bond acceptors (Lipinski definition) is 7. The van der Waals surface area contributed by atoms with Crippen molar-refractivity contribution in [3.63, 3.8) is 0 Å². The van der Waals surface area contributed by atoms with Crippen LogP contribution in [0.1, 0.15) is 5.82 Å². The third kappa shape index (κ3) is 1.33. The summed E-state index contributed by atoms with van der Waals surface area (Å²) in [5, 5.41) is 9.17. The molecule has 0 amide bonds. The lowest BCUT2D eigenvalue weighted by Crippen LogP contribution is -2.43. The van der Waals surface area contributed by atoms with Gasteiger partial charge in [0.05, 0.1) is 37.8 Å². The van der Waals surface area contributed by atoms with Crippen molar-refractivity contribution >= 4 is 22.5 Å². The van der Waals surface area contributed by atoms with E-state index in [1.54, 1.807) is 22.8 Å². The van der Waals surface area contributed by atoms with E-state index in [1.807, 2.05) is 18.2 Å². The lowest BCUT2D eigenvalue weighted by atomic mass is 10.2. The second-order valence-electron chi connectivity index (χ2n) is 7.18. The number of rotatable bonds is 3. The summed E-state index contributed by atoms with van der Waals surface area (Å²) in [6.07, 6.45) is 0. The number of nitrogens with two attached hydrogens (primary N) is 1. The van der Waals surface area contributed by atoms with Gasteiger partial charge in [-0.1, -0.05) is 6.07 Å². The normalized spacial score (nSPS) is 31.2. The Bertz CT molecular complexity index is 1120. The van der Waals surface area contributed by atoms with Gasteiger partial charge in [-0.2, -0.15) is 4.52 Å². The monoisotopic (exact) mass is 333 g/mol. The Morgan fingerprint density at radius 1 is 1.20 bits per heavy atom. The molecule has 4 unspecified atom stereocenters. The van der Waals surface area contributed by atoms with Gasteiger partial charge in [0.2, 0.25) is 5.95 Å². The highest BCUT2D eigenvalue weighted by Crippen LogP contribution is 2.64. The van der Waals surface area contributed by atoms with Crippen LogP contribution in [0, 0.1) is 0 Å². The summed E-state index contributed by atoms with van der Waals surface area (Å²) in [4.78, 5) is 11.8. The minimum atomic E-state index is 0.328. The Kier molecular flexibility index (Phi) is 1.90. The van der Waals surface area contributed by atoms with Crippen LogP contribution in [-0.4, -0.2) is 55.8 Å². The Balaban J connectivity index is 1.35. The standard InChI is InChI=1S/C17H15N7O/c1-25-7-4-2-3-6-11(7)21-17(18)24-16(6)19-8(22-24)5-23-14-9-10-13(15(10)23)20-12(9)14/h2-4,12-15,20H,5H2,1H3,(H2,18,21). The van der Waals surface area contributed by atoms with Crippen molar-refractivity contribution in [2.45, 2.75) is 30.7 Å². The van der Waals surface area contributed by atoms with E-state index in [1.165, 1.54) is 0 Å². The predicted molar refractivity (Wildman–Crippen MR) is 90.1 cm³/mol. The summed E-state index contributed by atoms with van der Waals surface area (Å²) >= 11 is 0. The number of nitrogens with one attached hydrogen (secondary N) is 1. The van der Waals surface area contributed by atoms with Crippen LogP contribution >= 0.6 is 0 Å². The highest BCUT2D eigenvalue weighted by atomic mass is 16.5. The number of hydrogen-bond donors (Lipinski definition) is 2. The number of piperazine rings is 1. The molecule has 25 heavy (non-hydrogen) atoms. The molecule has 0 saturated heterocycles. The molecule has 4 atom stereocenters. The fraction of sp³-hybridized carbons (Fsp3) is 0.353. The first-order valence-electron chi connectivity index (χ1n) is 8.50. The number of nitrogen functional groups attached to an aromatic ring is 1. The Morgan fingerprint density at radius 2 is 2.00 bits per heavy atom. The number of fused-ring (bicyclic) bond motifs is 5. The van der Waals surface area contributed by atoms with Gasteiger partial charge in [0.25, 0.3) is 0 Å². The van der Waals surface area contributed by atoms with Gasteiger partial charge in [-0.05, 0) is 23.3 Å². The average molecular weight is 333 g/mol. The number of methoxy groups -OCH3 is 1. The number of nitrogens with zero attached hydrogens (tertiary/aromatic N) is 5. The molecule has 4 heterocycles. The van der Waals surface area contributed by atoms with E-state index >= 15 is 0 Å². The molecule has 0 radical (unpaired) electrons. The van der Waals surface area contributed by atoms with Gasteiger partial charge in [-0.15, -0.1) is 5.10 Å². The molecule has 8 nitrogen and oxygen atoms in total. The SMILES string of the molecule is COc1cccc2c1nc(N)n1nc(CN3C4C5=C6C(NC54)C63)nc21. The highest BCUT2D eigenvalue weighted by Gasteiger charge is 2.75. The first kappa shape index (κ1) is 12.6. The fourth-order valence-corrected chi connectivity index (χ4v) is 4.93. The van der Waals surface area contributed by atoms with Crippen LogP contribution < -0.4 is 15.8 Å². The van der Waals surface area contributed by atoms with Gasteiger partial charge in [0.15, 0.2) is 11.5 Å². The van der Waals surface area contributed by atoms with Crippen molar-refractivity contribution < 1.29 is 4.74 Å². The molecule has 124 valence electrons. The van der Waals surface area contributed by atoms with Crippen molar-refractivity contribution in [1.82, 2.24) is 29.8 Å². The van der Waals surface area contributed by atoms with Crippen molar-refractivity contribution in [2.75, 3.05) is 12.8 Å². The molecule has 3 aromatic rings. The molecule has 2 aliphatic carbocycles. The summed E-state index contributed by atoms with van der Waals surface area (Å²) in [7, 11) is 1.63. The molecule has 1 aromatic carbocycles. The number of aromatic nitrogens is 4. The maximum Gasteiger partial charge on any atom is 0.223 e. The lowest BCUT2D eigenvalue weighted by Gasteiger charge is -2.23. The van der Waals surface area contributed by atoms with Gasteiger partial charge in [-0.3, -0.25) is 4.90 Å². The van der Waals surface area contributed by atoms with Crippen molar-refractivity contribution in [3.8, 4) is 5.75 Å². The molecule has 2 aliphatic heterocycles. The van der Waals surface area contributed by atoms with E-state index in [0.717, 1.165) is 28.9 Å². The van der Waals surface area contributed by atoms with Crippen molar-refractivity contribution in [2.24, 2.45) is 0 Å². The van der Waals surface area contributed by atoms with Gasteiger partial charge in [0.1, 0.15) is 11.3 Å². The number of ether oxygens (including phenoxy) is 1. The van der Waals surface area contributed by atoms with Gasteiger partial charge < -0.3 is 15.8 Å². The number of benzene rings is 1. The molecule has 0 bridgehead atoms. The van der Waals surface area contributed by atoms with Crippen LogP contribution in [-0.2, 0) is 6.54 Å². The Labute approximate surface area is 142 Å². The van der Waals surface area contributed by atoms with Crippen LogP contribution in [0.5, 0.6) is 5.75 Å². The zero-order valence-corrected chi connectivity index (χ0v) is 13.5. The van der Waals surface area contributed by atoms with Crippen molar-refractivity contribution in [3.05, 3.63) is 35.2 Å². The topological polar surface area (TPSA) is 93.6 Å². The van der Waals surface area contributed by atoms with E-state index in [-0.39, 0.29) is 0 Å². The molecular formula is C17H15N7O. The highest BCUT2D eigenvalue weighted by molar-refractivity contribution is 5.95. The van der Waals surface area contributed by atoms with Gasteiger partial charge in [0, 0.05) is 5.39 Å². The van der Waals surface area contributed by atoms with Crippen molar-refractivity contribution in [1.29, 1.82) is 0 Å². The zero-order valence-electron chi connectivity index (χ0n) is 13.5.